The number of methoxy groups -OCH3 is 1. The van der Waals surface area contributed by atoms with Crippen LogP contribution in [0.2, 0.25) is 0 Å². The van der Waals surface area contributed by atoms with Gasteiger partial charge in [-0.15, -0.1) is 0 Å². The third-order valence-corrected chi connectivity index (χ3v) is 2.77. The second kappa shape index (κ2) is 5.12. The molecule has 0 amide bonds. The Morgan fingerprint density at radius 3 is 3.19 bits per heavy atom. The quantitative estimate of drug-likeness (QED) is 0.730. The molecule has 0 saturated heterocycles. The van der Waals surface area contributed by atoms with Crippen LogP contribution < -0.4 is 4.74 Å². The van der Waals surface area contributed by atoms with Crippen molar-refractivity contribution in [2.75, 3.05) is 20.3 Å². The highest BCUT2D eigenvalue weighted by molar-refractivity contribution is 5.99. The number of carbonyl (C=O) groups is 1. The van der Waals surface area contributed by atoms with Crippen LogP contribution in [-0.4, -0.2) is 26.1 Å². The van der Waals surface area contributed by atoms with Crippen LogP contribution in [0, 0.1) is 0 Å². The fourth-order valence-electron chi connectivity index (χ4n) is 1.94. The van der Waals surface area contributed by atoms with E-state index >= 15 is 0 Å². The Bertz CT molecular complexity index is 385. The molecule has 1 heterocycles. The van der Waals surface area contributed by atoms with E-state index in [1.165, 1.54) is 0 Å². The number of hydrogen-bond acceptors (Lipinski definition) is 3. The first kappa shape index (κ1) is 11.1. The van der Waals surface area contributed by atoms with Gasteiger partial charge < -0.3 is 9.47 Å². The fraction of sp³-hybridized carbons (Fsp3) is 0.462. The minimum absolute atomic E-state index is 0.0978. The summed E-state index contributed by atoms with van der Waals surface area (Å²) in [6.45, 7) is 1.17. The molecule has 86 valence electrons. The van der Waals surface area contributed by atoms with Crippen LogP contribution in [0.1, 0.15) is 28.8 Å². The molecule has 1 aliphatic rings. The van der Waals surface area contributed by atoms with E-state index in [4.69, 9.17) is 9.47 Å². The van der Waals surface area contributed by atoms with E-state index in [-0.39, 0.29) is 5.78 Å². The molecule has 0 bridgehead atoms. The number of fused-ring (bicyclic) bond motifs is 1. The Morgan fingerprint density at radius 2 is 2.38 bits per heavy atom. The van der Waals surface area contributed by atoms with Gasteiger partial charge in [0, 0.05) is 13.5 Å². The molecule has 0 atom stereocenters. The van der Waals surface area contributed by atoms with Crippen molar-refractivity contribution < 1.29 is 14.3 Å². The van der Waals surface area contributed by atoms with Crippen molar-refractivity contribution in [1.82, 2.24) is 0 Å². The van der Waals surface area contributed by atoms with Crippen molar-refractivity contribution in [3.63, 3.8) is 0 Å². The molecule has 1 aromatic rings. The molecule has 0 unspecified atom stereocenters. The van der Waals surface area contributed by atoms with Crippen LogP contribution in [0.25, 0.3) is 0 Å². The Labute approximate surface area is 95.4 Å². The Morgan fingerprint density at radius 1 is 1.50 bits per heavy atom. The molecular weight excluding hydrogens is 204 g/mol. The zero-order valence-corrected chi connectivity index (χ0v) is 9.49. The molecule has 3 heteroatoms. The first-order chi connectivity index (χ1) is 7.83. The van der Waals surface area contributed by atoms with Crippen LogP contribution >= 0.6 is 0 Å². The number of aryl methyl sites for hydroxylation is 1. The van der Waals surface area contributed by atoms with Gasteiger partial charge in [0.05, 0.1) is 18.8 Å². The summed E-state index contributed by atoms with van der Waals surface area (Å²) in [5, 5.41) is 0. The van der Waals surface area contributed by atoms with Crippen LogP contribution in [0.15, 0.2) is 18.2 Å². The molecular formula is C13H16O3. The summed E-state index contributed by atoms with van der Waals surface area (Å²) >= 11 is 0. The highest BCUT2D eigenvalue weighted by Gasteiger charge is 2.18. The third kappa shape index (κ3) is 2.25. The van der Waals surface area contributed by atoms with Crippen LogP contribution in [0.5, 0.6) is 5.75 Å². The monoisotopic (exact) mass is 220 g/mol. The molecule has 0 N–H and O–H groups in total. The minimum atomic E-state index is 0.0978. The lowest BCUT2D eigenvalue weighted by atomic mass is 9.99. The number of carbonyl (C=O) groups excluding carboxylic acids is 1. The van der Waals surface area contributed by atoms with Crippen molar-refractivity contribution in [2.24, 2.45) is 0 Å². The molecule has 0 radical (unpaired) electrons. The van der Waals surface area contributed by atoms with Crippen molar-refractivity contribution in [1.29, 1.82) is 0 Å². The summed E-state index contributed by atoms with van der Waals surface area (Å²) in [6, 6.07) is 5.79. The lowest BCUT2D eigenvalue weighted by Gasteiger charge is -2.19. The van der Waals surface area contributed by atoms with Crippen LogP contribution in [0.4, 0.5) is 0 Å². The number of benzene rings is 1. The normalized spacial score (nSPS) is 14.1. The molecule has 1 aliphatic heterocycles. The van der Waals surface area contributed by atoms with Gasteiger partial charge in [-0.25, -0.2) is 0 Å². The van der Waals surface area contributed by atoms with Crippen LogP contribution in [-0.2, 0) is 11.2 Å². The molecule has 0 aliphatic carbocycles. The van der Waals surface area contributed by atoms with E-state index in [0.717, 1.165) is 24.2 Å². The van der Waals surface area contributed by atoms with Gasteiger partial charge in [0.15, 0.2) is 5.78 Å². The number of ether oxygens (including phenoxy) is 2. The largest absolute Gasteiger partial charge is 0.493 e. The van der Waals surface area contributed by atoms with Gasteiger partial charge in [0.1, 0.15) is 5.75 Å². The number of ketones is 1. The van der Waals surface area contributed by atoms with Gasteiger partial charge in [0.2, 0.25) is 0 Å². The lowest BCUT2D eigenvalue weighted by molar-refractivity contribution is 0.0927. The highest BCUT2D eigenvalue weighted by Crippen LogP contribution is 2.29. The Balaban J connectivity index is 2.23. The van der Waals surface area contributed by atoms with E-state index in [2.05, 4.69) is 0 Å². The van der Waals surface area contributed by atoms with E-state index in [9.17, 15) is 4.79 Å². The van der Waals surface area contributed by atoms with Gasteiger partial charge in [-0.2, -0.15) is 0 Å². The fourth-order valence-corrected chi connectivity index (χ4v) is 1.94. The van der Waals surface area contributed by atoms with Crippen molar-refractivity contribution >= 4 is 5.78 Å². The number of para-hydroxylation sites is 1. The van der Waals surface area contributed by atoms with Crippen molar-refractivity contribution in [3.05, 3.63) is 29.3 Å². The number of Topliss-reactive ketones (excluding diaryl/α,β-unsaturated/α-hetero) is 1. The lowest BCUT2D eigenvalue weighted by Crippen LogP contribution is -2.13. The molecule has 0 spiro atoms. The predicted molar refractivity (Wildman–Crippen MR) is 61.1 cm³/mol. The summed E-state index contributed by atoms with van der Waals surface area (Å²) in [4.78, 5) is 11.9. The minimum Gasteiger partial charge on any atom is -0.493 e. The van der Waals surface area contributed by atoms with E-state index in [0.29, 0.717) is 25.2 Å². The summed E-state index contributed by atoms with van der Waals surface area (Å²) in [5.74, 6) is 0.885. The Kier molecular flexibility index (Phi) is 3.57. The maximum absolute atomic E-state index is 11.9. The number of rotatable bonds is 4. The van der Waals surface area contributed by atoms with E-state index in [1.54, 1.807) is 7.11 Å². The van der Waals surface area contributed by atoms with Crippen LogP contribution in [0.3, 0.4) is 0 Å². The predicted octanol–water partition coefficient (Wildman–Crippen LogP) is 2.23. The zero-order chi connectivity index (χ0) is 11.4. The second-order valence-corrected chi connectivity index (χ2v) is 3.91. The molecule has 3 nitrogen and oxygen atoms in total. The summed E-state index contributed by atoms with van der Waals surface area (Å²) in [5.41, 5.74) is 1.85. The molecule has 16 heavy (non-hydrogen) atoms. The highest BCUT2D eigenvalue weighted by atomic mass is 16.5. The summed E-state index contributed by atoms with van der Waals surface area (Å²) in [6.07, 6.45) is 2.44. The van der Waals surface area contributed by atoms with Gasteiger partial charge in [-0.1, -0.05) is 12.1 Å². The first-order valence-corrected chi connectivity index (χ1v) is 5.59. The molecule has 2 rings (SSSR count). The summed E-state index contributed by atoms with van der Waals surface area (Å²) in [7, 11) is 1.60. The maximum Gasteiger partial charge on any atom is 0.168 e. The SMILES string of the molecule is COCCC(=O)c1cccc2c1OCCC2. The maximum atomic E-state index is 11.9. The van der Waals surface area contributed by atoms with Crippen molar-refractivity contribution in [2.45, 2.75) is 19.3 Å². The Hall–Kier alpha value is -1.35. The molecule has 0 aromatic heterocycles. The average Bonchev–Trinajstić information content (AvgIpc) is 2.35. The van der Waals surface area contributed by atoms with E-state index < -0.39 is 0 Å². The average molecular weight is 220 g/mol. The van der Waals surface area contributed by atoms with Crippen molar-refractivity contribution in [3.8, 4) is 5.75 Å². The molecule has 0 saturated carbocycles. The smallest absolute Gasteiger partial charge is 0.168 e. The van der Waals surface area contributed by atoms with E-state index in [1.807, 2.05) is 18.2 Å². The first-order valence-electron chi connectivity index (χ1n) is 5.59. The van der Waals surface area contributed by atoms with Gasteiger partial charge in [-0.05, 0) is 24.5 Å². The third-order valence-electron chi connectivity index (χ3n) is 2.77. The molecule has 0 fully saturated rings. The number of hydrogen-bond donors (Lipinski definition) is 0. The summed E-state index contributed by atoms with van der Waals surface area (Å²) < 4.78 is 10.5. The van der Waals surface area contributed by atoms with Gasteiger partial charge in [0.25, 0.3) is 0 Å². The molecule has 1 aromatic carbocycles. The zero-order valence-electron chi connectivity index (χ0n) is 9.49. The topological polar surface area (TPSA) is 35.5 Å². The van der Waals surface area contributed by atoms with Gasteiger partial charge >= 0.3 is 0 Å². The second-order valence-electron chi connectivity index (χ2n) is 3.91. The standard InChI is InChI=1S/C13H16O3/c1-15-9-7-12(14)11-6-2-4-10-5-3-8-16-13(10)11/h2,4,6H,3,5,7-9H2,1H3. The van der Waals surface area contributed by atoms with Gasteiger partial charge in [-0.3, -0.25) is 4.79 Å².